The number of rotatable bonds is 4. The van der Waals surface area contributed by atoms with E-state index in [0.717, 1.165) is 31.9 Å². The molecule has 0 aliphatic carbocycles. The molecule has 0 saturated carbocycles. The van der Waals surface area contributed by atoms with Gasteiger partial charge in [-0.1, -0.05) is 19.4 Å². The first kappa shape index (κ1) is 13.1. The molecule has 0 bridgehead atoms. The van der Waals surface area contributed by atoms with Crippen LogP contribution in [-0.2, 0) is 0 Å². The number of nitrogen functional groups attached to an aromatic ring is 1. The van der Waals surface area contributed by atoms with Gasteiger partial charge in [-0.2, -0.15) is 0 Å². The van der Waals surface area contributed by atoms with Gasteiger partial charge in [0.1, 0.15) is 5.82 Å². The monoisotopic (exact) mass is 251 g/mol. The number of piperazine rings is 1. The second-order valence-electron chi connectivity index (χ2n) is 4.85. The fourth-order valence-corrected chi connectivity index (χ4v) is 2.40. The third kappa shape index (κ3) is 2.93. The summed E-state index contributed by atoms with van der Waals surface area (Å²) >= 11 is 0. The summed E-state index contributed by atoms with van der Waals surface area (Å²) in [5, 5.41) is 0. The van der Waals surface area contributed by atoms with E-state index in [-0.39, 0.29) is 11.5 Å². The van der Waals surface area contributed by atoms with Gasteiger partial charge in [0.15, 0.2) is 0 Å². The Hall–Kier alpha value is -1.29. The van der Waals surface area contributed by atoms with E-state index in [1.807, 2.05) is 6.07 Å². The fraction of sp³-hybridized carbons (Fsp3) is 0.571. The zero-order valence-corrected chi connectivity index (χ0v) is 11.0. The molecule has 2 N–H and O–H groups in total. The molecule has 0 atom stereocenters. The van der Waals surface area contributed by atoms with Crippen LogP contribution in [0.15, 0.2) is 18.2 Å². The molecule has 18 heavy (non-hydrogen) atoms. The molecule has 0 radical (unpaired) electrons. The quantitative estimate of drug-likeness (QED) is 0.834. The van der Waals surface area contributed by atoms with Crippen molar-refractivity contribution >= 4 is 11.4 Å². The van der Waals surface area contributed by atoms with E-state index in [0.29, 0.717) is 0 Å². The predicted octanol–water partition coefficient (Wildman–Crippen LogP) is 2.33. The largest absolute Gasteiger partial charge is 0.395 e. The van der Waals surface area contributed by atoms with Gasteiger partial charge in [-0.15, -0.1) is 0 Å². The number of anilines is 2. The second kappa shape index (κ2) is 6.05. The fourth-order valence-electron chi connectivity index (χ4n) is 2.40. The lowest BCUT2D eigenvalue weighted by Crippen LogP contribution is -2.46. The van der Waals surface area contributed by atoms with E-state index in [1.54, 1.807) is 6.07 Å². The van der Waals surface area contributed by atoms with Crippen LogP contribution >= 0.6 is 0 Å². The minimum Gasteiger partial charge on any atom is -0.395 e. The second-order valence-corrected chi connectivity index (χ2v) is 4.85. The van der Waals surface area contributed by atoms with E-state index in [1.165, 1.54) is 25.5 Å². The number of hydrogen-bond acceptors (Lipinski definition) is 3. The maximum absolute atomic E-state index is 13.4. The van der Waals surface area contributed by atoms with Gasteiger partial charge >= 0.3 is 0 Å². The first-order valence-electron chi connectivity index (χ1n) is 6.73. The molecular formula is C14H22FN3. The van der Waals surface area contributed by atoms with Crippen LogP contribution in [0.3, 0.4) is 0 Å². The highest BCUT2D eigenvalue weighted by molar-refractivity contribution is 5.68. The highest BCUT2D eigenvalue weighted by Gasteiger charge is 2.19. The first-order chi connectivity index (χ1) is 8.72. The summed E-state index contributed by atoms with van der Waals surface area (Å²) in [5.74, 6) is -0.319. The summed E-state index contributed by atoms with van der Waals surface area (Å²) in [7, 11) is 0. The van der Waals surface area contributed by atoms with Crippen molar-refractivity contribution in [1.29, 1.82) is 0 Å². The molecule has 0 unspecified atom stereocenters. The maximum atomic E-state index is 13.4. The normalized spacial score (nSPS) is 17.1. The van der Waals surface area contributed by atoms with E-state index in [2.05, 4.69) is 16.7 Å². The van der Waals surface area contributed by atoms with Gasteiger partial charge in [0, 0.05) is 26.2 Å². The van der Waals surface area contributed by atoms with Crippen LogP contribution < -0.4 is 10.6 Å². The Morgan fingerprint density at radius 1 is 1.22 bits per heavy atom. The highest BCUT2D eigenvalue weighted by Crippen LogP contribution is 2.26. The van der Waals surface area contributed by atoms with Gasteiger partial charge in [0.2, 0.25) is 0 Å². The van der Waals surface area contributed by atoms with Crippen LogP contribution in [-0.4, -0.2) is 37.6 Å². The Bertz CT molecular complexity index is 387. The third-order valence-electron chi connectivity index (χ3n) is 3.57. The molecule has 1 aliphatic rings. The molecule has 3 nitrogen and oxygen atoms in total. The van der Waals surface area contributed by atoms with Crippen molar-refractivity contribution in [2.75, 3.05) is 43.4 Å². The summed E-state index contributed by atoms with van der Waals surface area (Å²) in [6.07, 6.45) is 2.49. The number of unbranched alkanes of at least 4 members (excludes halogenated alkanes) is 1. The van der Waals surface area contributed by atoms with Crippen LogP contribution in [0.4, 0.5) is 15.8 Å². The molecule has 1 fully saturated rings. The summed E-state index contributed by atoms with van der Waals surface area (Å²) in [6.45, 7) is 7.31. The summed E-state index contributed by atoms with van der Waals surface area (Å²) in [5.41, 5.74) is 6.91. The van der Waals surface area contributed by atoms with Crippen molar-refractivity contribution in [2.45, 2.75) is 19.8 Å². The maximum Gasteiger partial charge on any atom is 0.148 e. The Morgan fingerprint density at radius 3 is 2.61 bits per heavy atom. The van der Waals surface area contributed by atoms with Crippen molar-refractivity contribution in [3.05, 3.63) is 24.0 Å². The molecule has 4 heteroatoms. The van der Waals surface area contributed by atoms with Crippen LogP contribution in [0.5, 0.6) is 0 Å². The molecule has 1 heterocycles. The van der Waals surface area contributed by atoms with E-state index >= 15 is 0 Å². The molecular weight excluding hydrogens is 229 g/mol. The average molecular weight is 251 g/mol. The van der Waals surface area contributed by atoms with Crippen molar-refractivity contribution in [2.24, 2.45) is 0 Å². The Kier molecular flexibility index (Phi) is 4.42. The van der Waals surface area contributed by atoms with Gasteiger partial charge < -0.3 is 10.6 Å². The molecule has 2 rings (SSSR count). The SMILES string of the molecule is CCCCN1CCN(c2cccc(F)c2N)CC1. The van der Waals surface area contributed by atoms with Crippen LogP contribution in [0.25, 0.3) is 0 Å². The molecule has 1 aromatic carbocycles. The van der Waals surface area contributed by atoms with Crippen LogP contribution in [0.1, 0.15) is 19.8 Å². The summed E-state index contributed by atoms with van der Waals surface area (Å²) in [4.78, 5) is 4.65. The zero-order valence-electron chi connectivity index (χ0n) is 11.0. The average Bonchev–Trinajstić information content (AvgIpc) is 2.40. The lowest BCUT2D eigenvalue weighted by atomic mass is 10.2. The standard InChI is InChI=1S/C14H22FN3/c1-2-3-7-17-8-10-18(11-9-17)13-6-4-5-12(15)14(13)16/h4-6H,2-3,7-11,16H2,1H3. The summed E-state index contributed by atoms with van der Waals surface area (Å²) < 4.78 is 13.4. The topological polar surface area (TPSA) is 32.5 Å². The minimum absolute atomic E-state index is 0.277. The number of para-hydroxylation sites is 1. The molecule has 1 aliphatic heterocycles. The van der Waals surface area contributed by atoms with E-state index in [9.17, 15) is 4.39 Å². The van der Waals surface area contributed by atoms with E-state index in [4.69, 9.17) is 5.73 Å². The van der Waals surface area contributed by atoms with Crippen LogP contribution in [0, 0.1) is 5.82 Å². The predicted molar refractivity (Wildman–Crippen MR) is 74.4 cm³/mol. The summed E-state index contributed by atoms with van der Waals surface area (Å²) in [6, 6.07) is 5.04. The highest BCUT2D eigenvalue weighted by atomic mass is 19.1. The van der Waals surface area contributed by atoms with Gasteiger partial charge in [-0.05, 0) is 25.1 Å². The molecule has 1 saturated heterocycles. The van der Waals surface area contributed by atoms with Crippen molar-refractivity contribution < 1.29 is 4.39 Å². The number of nitrogens with zero attached hydrogens (tertiary/aromatic N) is 2. The molecule has 0 aromatic heterocycles. The Morgan fingerprint density at radius 2 is 1.94 bits per heavy atom. The molecule has 0 spiro atoms. The van der Waals surface area contributed by atoms with Gasteiger partial charge in [-0.25, -0.2) is 4.39 Å². The van der Waals surface area contributed by atoms with Crippen LogP contribution in [0.2, 0.25) is 0 Å². The number of halogens is 1. The molecule has 1 aromatic rings. The Labute approximate surface area is 108 Å². The smallest absolute Gasteiger partial charge is 0.148 e. The number of hydrogen-bond donors (Lipinski definition) is 1. The van der Waals surface area contributed by atoms with Gasteiger partial charge in [-0.3, -0.25) is 4.90 Å². The van der Waals surface area contributed by atoms with Crippen molar-refractivity contribution in [3.63, 3.8) is 0 Å². The third-order valence-corrected chi connectivity index (χ3v) is 3.57. The lowest BCUT2D eigenvalue weighted by Gasteiger charge is -2.36. The lowest BCUT2D eigenvalue weighted by molar-refractivity contribution is 0.254. The van der Waals surface area contributed by atoms with E-state index < -0.39 is 0 Å². The van der Waals surface area contributed by atoms with Crippen molar-refractivity contribution in [1.82, 2.24) is 4.90 Å². The zero-order chi connectivity index (χ0) is 13.0. The first-order valence-corrected chi connectivity index (χ1v) is 6.73. The Balaban J connectivity index is 1.95. The van der Waals surface area contributed by atoms with Crippen molar-refractivity contribution in [3.8, 4) is 0 Å². The number of nitrogens with two attached hydrogens (primary N) is 1. The minimum atomic E-state index is -0.319. The van der Waals surface area contributed by atoms with Gasteiger partial charge in [0.05, 0.1) is 11.4 Å². The number of benzene rings is 1. The van der Waals surface area contributed by atoms with Gasteiger partial charge in [0.25, 0.3) is 0 Å². The molecule has 0 amide bonds. The molecule has 100 valence electrons.